The van der Waals surface area contributed by atoms with E-state index in [0.29, 0.717) is 0 Å². The summed E-state index contributed by atoms with van der Waals surface area (Å²) in [6.07, 6.45) is 0. The van der Waals surface area contributed by atoms with Gasteiger partial charge < -0.3 is 21.1 Å². The molecule has 0 amide bonds. The molecule has 0 bridgehead atoms. The minimum atomic E-state index is 0. The van der Waals surface area contributed by atoms with E-state index in [0.717, 1.165) is 39.3 Å². The number of nitrogens with zero attached hydrogens (tertiary/aromatic N) is 3. The van der Waals surface area contributed by atoms with Crippen LogP contribution in [0.25, 0.3) is 16.0 Å². The van der Waals surface area contributed by atoms with Gasteiger partial charge in [-0.1, -0.05) is 41.5 Å². The van der Waals surface area contributed by atoms with Crippen molar-refractivity contribution in [2.75, 3.05) is 45.9 Å². The Morgan fingerprint density at radius 3 is 0.632 bits per heavy atom. The first-order valence-corrected chi connectivity index (χ1v) is 7.16. The molecule has 0 aliphatic carbocycles. The van der Waals surface area contributed by atoms with Crippen LogP contribution < -0.4 is 0 Å². The zero-order valence-corrected chi connectivity index (χ0v) is 15.8. The van der Waals surface area contributed by atoms with Gasteiger partial charge in [-0.25, -0.2) is 0 Å². The van der Waals surface area contributed by atoms with E-state index in [-0.39, 0.29) is 28.3 Å². The van der Waals surface area contributed by atoms with Gasteiger partial charge in [-0.15, -0.1) is 0 Å². The van der Waals surface area contributed by atoms with Gasteiger partial charge in [-0.3, -0.25) is 0 Å². The van der Waals surface area contributed by atoms with Crippen LogP contribution in [0.3, 0.4) is 0 Å². The van der Waals surface area contributed by atoms with E-state index in [4.69, 9.17) is 5.11 Å². The first-order chi connectivity index (χ1) is 8.66. The summed E-state index contributed by atoms with van der Waals surface area (Å²) in [6.45, 7) is 20.0. The van der Waals surface area contributed by atoms with Crippen LogP contribution in [0.15, 0.2) is 0 Å². The maximum Gasteiger partial charge on any atom is 3.00 e. The van der Waals surface area contributed by atoms with Crippen molar-refractivity contribution >= 4 is 0 Å². The average Bonchev–Trinajstić information content (AvgIpc) is 2.35. The van der Waals surface area contributed by atoms with Crippen LogP contribution in [0.4, 0.5) is 0 Å². The van der Waals surface area contributed by atoms with Crippen LogP contribution in [0.2, 0.25) is 0 Å². The molecule has 1 N–H and O–H groups in total. The van der Waals surface area contributed by atoms with Gasteiger partial charge in [0, 0.05) is 6.61 Å². The number of hydrogen-bond acceptors (Lipinski definition) is 1. The van der Waals surface area contributed by atoms with E-state index < -0.39 is 0 Å². The number of aliphatic hydroxyl groups excluding tert-OH is 1. The predicted octanol–water partition coefficient (Wildman–Crippen LogP) is 4.20. The number of rotatable bonds is 6. The van der Waals surface area contributed by atoms with Crippen LogP contribution in [0, 0.1) is 0 Å². The minimum Gasteiger partial charge on any atom is -0.663 e. The van der Waals surface area contributed by atoms with Crippen LogP contribution >= 0.6 is 0 Å². The Bertz CT molecular complexity index is 68.8. The molecule has 0 aromatic rings. The van der Waals surface area contributed by atoms with Gasteiger partial charge in [0.2, 0.25) is 0 Å². The summed E-state index contributed by atoms with van der Waals surface area (Å²) < 4.78 is 0. The second-order valence-corrected chi connectivity index (χ2v) is 2.88. The fraction of sp³-hybridized carbons (Fsp3) is 1.00. The largest absolute Gasteiger partial charge is 3.00 e. The molecule has 0 aliphatic heterocycles. The van der Waals surface area contributed by atoms with E-state index in [1.54, 1.807) is 6.92 Å². The second kappa shape index (κ2) is 51.3. The molecule has 4 nitrogen and oxygen atoms in total. The van der Waals surface area contributed by atoms with Gasteiger partial charge in [0.25, 0.3) is 0 Å². The van der Waals surface area contributed by atoms with Crippen molar-refractivity contribution in [3.8, 4) is 0 Å². The SMILES string of the molecule is CCO.CC[N-]CC.CC[N-]CC.CC[N-]CC.[Ti+3]. The maximum absolute atomic E-state index is 7.57. The average molecular weight is 310 g/mol. The van der Waals surface area contributed by atoms with Crippen LogP contribution in [-0.2, 0) is 21.7 Å². The maximum atomic E-state index is 7.57. The fourth-order valence-electron chi connectivity index (χ4n) is 0.671. The van der Waals surface area contributed by atoms with Gasteiger partial charge in [0.05, 0.1) is 0 Å². The third kappa shape index (κ3) is 118. The monoisotopic (exact) mass is 310 g/mol. The van der Waals surface area contributed by atoms with Gasteiger partial charge >= 0.3 is 21.7 Å². The molecule has 19 heavy (non-hydrogen) atoms. The Kier molecular flexibility index (Phi) is 85.9. The molecule has 0 aromatic heterocycles. The summed E-state index contributed by atoms with van der Waals surface area (Å²) in [7, 11) is 0. The Morgan fingerprint density at radius 1 is 0.526 bits per heavy atom. The standard InChI is InChI=1S/3C4H10N.C2H6O.Ti/c3*1-3-5-4-2;1-2-3;/h3*3-4H2,1-2H3;3H,2H2,1H3;/q3*-1;;+3. The summed E-state index contributed by atoms with van der Waals surface area (Å²) in [5.41, 5.74) is 0. The van der Waals surface area contributed by atoms with Crippen molar-refractivity contribution < 1.29 is 26.8 Å². The van der Waals surface area contributed by atoms with Crippen molar-refractivity contribution in [1.82, 2.24) is 0 Å². The predicted molar refractivity (Wildman–Crippen MR) is 86.1 cm³/mol. The molecule has 0 rings (SSSR count). The Morgan fingerprint density at radius 2 is 0.632 bits per heavy atom. The van der Waals surface area contributed by atoms with Crippen LogP contribution in [0.1, 0.15) is 48.5 Å². The molecule has 0 aromatic carbocycles. The van der Waals surface area contributed by atoms with E-state index in [9.17, 15) is 0 Å². The number of hydrogen-bond donors (Lipinski definition) is 1. The smallest absolute Gasteiger partial charge is 0.663 e. The van der Waals surface area contributed by atoms with Gasteiger partial charge in [0.15, 0.2) is 0 Å². The molecule has 0 unspecified atom stereocenters. The third-order valence-corrected chi connectivity index (χ3v) is 1.34. The van der Waals surface area contributed by atoms with Crippen molar-refractivity contribution in [2.45, 2.75) is 48.5 Å². The van der Waals surface area contributed by atoms with E-state index in [1.807, 2.05) is 41.5 Å². The molecule has 0 saturated carbocycles. The number of aliphatic hydroxyl groups is 1. The normalized spacial score (nSPS) is 7.58. The van der Waals surface area contributed by atoms with Crippen molar-refractivity contribution in [3.05, 3.63) is 16.0 Å². The Hall–Kier alpha value is 0.554. The molecule has 0 spiro atoms. The molecular formula is C14H36N3OTi. The third-order valence-electron chi connectivity index (χ3n) is 1.34. The topological polar surface area (TPSA) is 62.5 Å². The molecule has 0 aliphatic rings. The van der Waals surface area contributed by atoms with Gasteiger partial charge in [-0.05, 0) is 6.92 Å². The Balaban J connectivity index is -0.0000000458. The molecule has 117 valence electrons. The molecule has 0 heterocycles. The van der Waals surface area contributed by atoms with E-state index in [1.165, 1.54) is 0 Å². The fourth-order valence-corrected chi connectivity index (χ4v) is 0.671. The molecular weight excluding hydrogens is 274 g/mol. The van der Waals surface area contributed by atoms with Gasteiger partial charge in [-0.2, -0.15) is 39.3 Å². The van der Waals surface area contributed by atoms with Crippen molar-refractivity contribution in [3.63, 3.8) is 0 Å². The summed E-state index contributed by atoms with van der Waals surface area (Å²) in [5, 5.41) is 19.5. The quantitative estimate of drug-likeness (QED) is 0.734. The van der Waals surface area contributed by atoms with Crippen molar-refractivity contribution in [1.29, 1.82) is 0 Å². The molecule has 0 fully saturated rings. The zero-order chi connectivity index (χ0) is 15.1. The summed E-state index contributed by atoms with van der Waals surface area (Å²) in [4.78, 5) is 0. The Labute approximate surface area is 137 Å². The van der Waals surface area contributed by atoms with Crippen LogP contribution in [0.5, 0.6) is 0 Å². The minimum absolute atomic E-state index is 0. The van der Waals surface area contributed by atoms with E-state index in [2.05, 4.69) is 16.0 Å². The first kappa shape index (κ1) is 31.8. The molecule has 0 saturated heterocycles. The molecule has 5 heteroatoms. The van der Waals surface area contributed by atoms with Gasteiger partial charge in [0.1, 0.15) is 0 Å². The zero-order valence-electron chi connectivity index (χ0n) is 14.2. The van der Waals surface area contributed by atoms with Crippen molar-refractivity contribution in [2.24, 2.45) is 0 Å². The summed E-state index contributed by atoms with van der Waals surface area (Å²) >= 11 is 0. The van der Waals surface area contributed by atoms with Crippen LogP contribution in [-0.4, -0.2) is 51.0 Å². The molecule has 1 radical (unpaired) electrons. The summed E-state index contributed by atoms with van der Waals surface area (Å²) in [6, 6.07) is 0. The van der Waals surface area contributed by atoms with E-state index >= 15 is 0 Å². The second-order valence-electron chi connectivity index (χ2n) is 2.88. The molecule has 0 atom stereocenters. The first-order valence-electron chi connectivity index (χ1n) is 7.16. The summed E-state index contributed by atoms with van der Waals surface area (Å²) in [5.74, 6) is 0.